The molecule has 0 aromatic rings. The molecule has 0 bridgehead atoms. The van der Waals surface area contributed by atoms with Gasteiger partial charge in [-0.25, -0.2) is 0 Å². The molecule has 73 heavy (non-hydrogen) atoms. The zero-order valence-corrected chi connectivity index (χ0v) is 48.7. The number of rotatable bonds is 58. The molecule has 0 aliphatic carbocycles. The number of carbonyl (C=O) groups is 3. The zero-order valence-electron chi connectivity index (χ0n) is 48.7. The van der Waals surface area contributed by atoms with Crippen LogP contribution >= 0.6 is 0 Å². The van der Waals surface area contributed by atoms with Crippen molar-refractivity contribution in [3.8, 4) is 0 Å². The molecule has 0 aliphatic rings. The van der Waals surface area contributed by atoms with E-state index in [4.69, 9.17) is 14.2 Å². The Hall–Kier alpha value is -2.89. The number of hydrogen-bond donors (Lipinski definition) is 0. The molecule has 6 heteroatoms. The molecular formula is C67H120O6. The van der Waals surface area contributed by atoms with Crippen molar-refractivity contribution in [2.75, 3.05) is 13.2 Å². The second kappa shape index (κ2) is 61.7. The number of ether oxygens (including phenoxy) is 3. The van der Waals surface area contributed by atoms with Gasteiger partial charge in [-0.3, -0.25) is 14.4 Å². The van der Waals surface area contributed by atoms with Crippen molar-refractivity contribution in [2.45, 2.75) is 335 Å². The lowest BCUT2D eigenvalue weighted by atomic mass is 10.0. The van der Waals surface area contributed by atoms with Gasteiger partial charge in [0.25, 0.3) is 0 Å². The summed E-state index contributed by atoms with van der Waals surface area (Å²) in [4.78, 5) is 38.3. The lowest BCUT2D eigenvalue weighted by molar-refractivity contribution is -0.167. The molecule has 1 atom stereocenters. The Morgan fingerprint density at radius 1 is 0.274 bits per heavy atom. The Kier molecular flexibility index (Phi) is 59.2. The number of allylic oxidation sites excluding steroid dienone is 10. The Balaban J connectivity index is 4.40. The van der Waals surface area contributed by atoms with Crippen molar-refractivity contribution in [3.63, 3.8) is 0 Å². The molecular weight excluding hydrogens is 901 g/mol. The van der Waals surface area contributed by atoms with Crippen LogP contribution in [0.15, 0.2) is 60.8 Å². The van der Waals surface area contributed by atoms with E-state index in [1.54, 1.807) is 0 Å². The maximum absolute atomic E-state index is 12.9. The molecule has 0 aromatic carbocycles. The molecule has 0 N–H and O–H groups in total. The average molecular weight is 1020 g/mol. The summed E-state index contributed by atoms with van der Waals surface area (Å²) in [7, 11) is 0. The molecule has 424 valence electrons. The molecule has 0 aliphatic heterocycles. The highest BCUT2D eigenvalue weighted by molar-refractivity contribution is 5.71. The highest BCUT2D eigenvalue weighted by Gasteiger charge is 2.19. The van der Waals surface area contributed by atoms with E-state index in [1.807, 2.05) is 0 Å². The largest absolute Gasteiger partial charge is 0.462 e. The number of hydrogen-bond acceptors (Lipinski definition) is 6. The van der Waals surface area contributed by atoms with Crippen LogP contribution in [0.1, 0.15) is 329 Å². The second-order valence-corrected chi connectivity index (χ2v) is 21.3. The molecule has 0 saturated carbocycles. The van der Waals surface area contributed by atoms with Gasteiger partial charge in [0.15, 0.2) is 6.10 Å². The van der Waals surface area contributed by atoms with Gasteiger partial charge in [0.05, 0.1) is 0 Å². The van der Waals surface area contributed by atoms with Crippen LogP contribution in [-0.2, 0) is 28.6 Å². The van der Waals surface area contributed by atoms with Crippen molar-refractivity contribution < 1.29 is 28.6 Å². The molecule has 0 spiro atoms. The summed E-state index contributed by atoms with van der Waals surface area (Å²) in [6, 6.07) is 0. The fourth-order valence-corrected chi connectivity index (χ4v) is 9.16. The van der Waals surface area contributed by atoms with E-state index in [2.05, 4.69) is 81.5 Å². The van der Waals surface area contributed by atoms with Gasteiger partial charge in [0.2, 0.25) is 0 Å². The summed E-state index contributed by atoms with van der Waals surface area (Å²) >= 11 is 0. The summed E-state index contributed by atoms with van der Waals surface area (Å²) in [6.45, 7) is 6.62. The smallest absolute Gasteiger partial charge is 0.306 e. The Labute approximate surface area is 453 Å². The molecule has 0 radical (unpaired) electrons. The third-order valence-electron chi connectivity index (χ3n) is 14.0. The van der Waals surface area contributed by atoms with Gasteiger partial charge < -0.3 is 14.2 Å². The minimum atomic E-state index is -0.797. The van der Waals surface area contributed by atoms with Crippen LogP contribution < -0.4 is 0 Å². The van der Waals surface area contributed by atoms with Crippen molar-refractivity contribution in [1.29, 1.82) is 0 Å². The fraction of sp³-hybridized carbons (Fsp3) is 0.806. The van der Waals surface area contributed by atoms with Crippen LogP contribution in [-0.4, -0.2) is 37.2 Å². The van der Waals surface area contributed by atoms with Gasteiger partial charge in [0, 0.05) is 19.3 Å². The standard InChI is InChI=1S/C67H120O6/c1-4-7-10-13-16-19-22-25-28-31-32-33-34-37-39-42-45-48-51-54-57-60-66(69)72-63-64(73-67(70)61-58-55-52-49-46-43-40-36-30-27-24-21-18-15-12-9-6-3)62-71-65(68)59-56-53-50-47-44-41-38-35-29-26-23-20-17-14-11-8-5-2/h25-30,38,41,47,50,64H,4-24,31-37,39-40,42-46,48-49,51-63H2,1-3H3/b28-25-,29-26-,30-27-,41-38-,50-47-/t64-/m0/s1. The van der Waals surface area contributed by atoms with Crippen LogP contribution in [0.4, 0.5) is 0 Å². The first-order valence-corrected chi connectivity index (χ1v) is 31.8. The number of unbranched alkanes of at least 4 members (excludes halogenated alkanes) is 37. The van der Waals surface area contributed by atoms with Crippen molar-refractivity contribution in [3.05, 3.63) is 60.8 Å². The molecule has 0 saturated heterocycles. The predicted octanol–water partition coefficient (Wildman–Crippen LogP) is 21.6. The first-order chi connectivity index (χ1) is 36.0. The summed E-state index contributed by atoms with van der Waals surface area (Å²) < 4.78 is 16.9. The predicted molar refractivity (Wildman–Crippen MR) is 316 cm³/mol. The maximum Gasteiger partial charge on any atom is 0.306 e. The summed E-state index contributed by atoms with van der Waals surface area (Å²) in [5.74, 6) is -0.934. The third kappa shape index (κ3) is 59.9. The quantitative estimate of drug-likeness (QED) is 0.0261. The Morgan fingerprint density at radius 3 is 0.836 bits per heavy atom. The second-order valence-electron chi connectivity index (χ2n) is 21.3. The molecule has 6 nitrogen and oxygen atoms in total. The van der Waals surface area contributed by atoms with E-state index in [1.165, 1.54) is 225 Å². The van der Waals surface area contributed by atoms with Crippen molar-refractivity contribution in [1.82, 2.24) is 0 Å². The highest BCUT2D eigenvalue weighted by Crippen LogP contribution is 2.16. The van der Waals surface area contributed by atoms with Crippen molar-refractivity contribution in [2.24, 2.45) is 0 Å². The summed E-state index contributed by atoms with van der Waals surface area (Å²) in [5, 5.41) is 0. The summed E-state index contributed by atoms with van der Waals surface area (Å²) in [5.41, 5.74) is 0. The van der Waals surface area contributed by atoms with E-state index in [-0.39, 0.29) is 37.5 Å². The summed E-state index contributed by atoms with van der Waals surface area (Å²) in [6.07, 6.45) is 78.0. The lowest BCUT2D eigenvalue weighted by Gasteiger charge is -2.18. The van der Waals surface area contributed by atoms with Crippen LogP contribution in [0.25, 0.3) is 0 Å². The van der Waals surface area contributed by atoms with E-state index in [9.17, 15) is 14.4 Å². The maximum atomic E-state index is 12.9. The van der Waals surface area contributed by atoms with Gasteiger partial charge in [-0.2, -0.15) is 0 Å². The number of esters is 3. The van der Waals surface area contributed by atoms with E-state index >= 15 is 0 Å². The highest BCUT2D eigenvalue weighted by atomic mass is 16.6. The van der Waals surface area contributed by atoms with Gasteiger partial charge in [0.1, 0.15) is 13.2 Å². The van der Waals surface area contributed by atoms with Crippen LogP contribution in [0.5, 0.6) is 0 Å². The molecule has 0 unspecified atom stereocenters. The molecule has 0 rings (SSSR count). The zero-order chi connectivity index (χ0) is 52.9. The van der Waals surface area contributed by atoms with Crippen molar-refractivity contribution >= 4 is 17.9 Å². The van der Waals surface area contributed by atoms with Crippen LogP contribution in [0, 0.1) is 0 Å². The normalized spacial score (nSPS) is 12.4. The lowest BCUT2D eigenvalue weighted by Crippen LogP contribution is -2.30. The van der Waals surface area contributed by atoms with Gasteiger partial charge in [-0.05, 0) is 103 Å². The molecule has 0 amide bonds. The Morgan fingerprint density at radius 2 is 0.507 bits per heavy atom. The average Bonchev–Trinajstić information content (AvgIpc) is 3.39. The SMILES string of the molecule is CCCCCCCC/C=C\C/C=C\C/C=C\CCCC(=O)OC[C@@H](COC(=O)CCCCCCCCCCCCC/C=C\CCCCCCCC)OC(=O)CCCCCCCCC/C=C\CCCCCCCC. The minimum absolute atomic E-state index is 0.0901. The minimum Gasteiger partial charge on any atom is -0.462 e. The molecule has 0 fully saturated rings. The van der Waals surface area contributed by atoms with E-state index in [0.29, 0.717) is 19.3 Å². The Bertz CT molecular complexity index is 1310. The monoisotopic (exact) mass is 1020 g/mol. The third-order valence-corrected chi connectivity index (χ3v) is 14.0. The van der Waals surface area contributed by atoms with E-state index in [0.717, 1.165) is 57.8 Å². The van der Waals surface area contributed by atoms with E-state index < -0.39 is 6.10 Å². The number of carbonyl (C=O) groups excluding carboxylic acids is 3. The van der Waals surface area contributed by atoms with Gasteiger partial charge in [-0.15, -0.1) is 0 Å². The fourth-order valence-electron chi connectivity index (χ4n) is 9.16. The molecule has 0 heterocycles. The van der Waals surface area contributed by atoms with Crippen LogP contribution in [0.2, 0.25) is 0 Å². The molecule has 0 aromatic heterocycles. The van der Waals surface area contributed by atoms with Gasteiger partial charge >= 0.3 is 17.9 Å². The first-order valence-electron chi connectivity index (χ1n) is 31.8. The topological polar surface area (TPSA) is 78.9 Å². The van der Waals surface area contributed by atoms with Gasteiger partial charge in [-0.1, -0.05) is 268 Å². The van der Waals surface area contributed by atoms with Crippen LogP contribution in [0.3, 0.4) is 0 Å². The first kappa shape index (κ1) is 70.1.